The van der Waals surface area contributed by atoms with Crippen molar-refractivity contribution in [2.45, 2.75) is 13.3 Å². The maximum atomic E-state index is 11.0. The summed E-state index contributed by atoms with van der Waals surface area (Å²) in [6, 6.07) is 0. The molecular weight excluding hydrogens is 144 g/mol. The van der Waals surface area contributed by atoms with E-state index in [-0.39, 0.29) is 16.9 Å². The van der Waals surface area contributed by atoms with Crippen LogP contribution in [0.25, 0.3) is 0 Å². The van der Waals surface area contributed by atoms with Crippen molar-refractivity contribution in [2.24, 2.45) is 0 Å². The molecule has 4 heteroatoms. The van der Waals surface area contributed by atoms with Crippen LogP contribution in [-0.2, 0) is 0 Å². The number of nitrogens with one attached hydrogen (secondary N) is 1. The lowest BCUT2D eigenvalue weighted by atomic mass is 10.2. The van der Waals surface area contributed by atoms with Crippen molar-refractivity contribution < 1.29 is 4.79 Å². The third-order valence-electron chi connectivity index (χ3n) is 1.34. The zero-order chi connectivity index (χ0) is 8.27. The van der Waals surface area contributed by atoms with Gasteiger partial charge in [0.05, 0.1) is 6.33 Å². The first kappa shape index (κ1) is 7.65. The minimum atomic E-state index is -0.369. The Labute approximate surface area is 63.3 Å². The Kier molecular flexibility index (Phi) is 2.15. The fourth-order valence-corrected chi connectivity index (χ4v) is 0.733. The number of aromatic nitrogens is 2. The van der Waals surface area contributed by atoms with Crippen molar-refractivity contribution in [1.29, 1.82) is 0 Å². The van der Waals surface area contributed by atoms with Crippen molar-refractivity contribution in [3.63, 3.8) is 0 Å². The smallest absolute Gasteiger partial charge is 0.261 e. The van der Waals surface area contributed by atoms with Crippen molar-refractivity contribution >= 4 is 5.78 Å². The Morgan fingerprint density at radius 2 is 2.45 bits per heavy atom. The van der Waals surface area contributed by atoms with Crippen molar-refractivity contribution in [3.05, 3.63) is 28.4 Å². The van der Waals surface area contributed by atoms with Gasteiger partial charge in [-0.2, -0.15) is 0 Å². The molecule has 1 rings (SSSR count). The first-order chi connectivity index (χ1) is 5.25. The molecule has 1 heterocycles. The highest BCUT2D eigenvalue weighted by Gasteiger charge is 2.06. The van der Waals surface area contributed by atoms with Crippen LogP contribution in [-0.4, -0.2) is 15.8 Å². The molecule has 1 aromatic rings. The summed E-state index contributed by atoms with van der Waals surface area (Å²) >= 11 is 0. The molecule has 0 unspecified atom stereocenters. The molecule has 0 aliphatic rings. The second kappa shape index (κ2) is 3.09. The van der Waals surface area contributed by atoms with Crippen molar-refractivity contribution in [1.82, 2.24) is 9.97 Å². The van der Waals surface area contributed by atoms with Gasteiger partial charge in [0.2, 0.25) is 0 Å². The summed E-state index contributed by atoms with van der Waals surface area (Å²) in [6.07, 6.45) is 2.87. The molecule has 1 aromatic heterocycles. The molecule has 11 heavy (non-hydrogen) atoms. The van der Waals surface area contributed by atoms with E-state index in [0.717, 1.165) is 0 Å². The summed E-state index contributed by atoms with van der Waals surface area (Å²) in [5, 5.41) is 0. The number of nitrogens with zero attached hydrogens (tertiary/aromatic N) is 1. The lowest BCUT2D eigenvalue weighted by molar-refractivity contribution is 0.0986. The highest BCUT2D eigenvalue weighted by molar-refractivity contribution is 5.95. The van der Waals surface area contributed by atoms with E-state index in [0.29, 0.717) is 6.42 Å². The Morgan fingerprint density at radius 3 is 3.00 bits per heavy atom. The molecule has 0 bridgehead atoms. The minimum Gasteiger partial charge on any atom is -0.313 e. The van der Waals surface area contributed by atoms with E-state index in [4.69, 9.17) is 0 Å². The predicted octanol–water partition coefficient (Wildman–Crippen LogP) is 0.363. The second-order valence-electron chi connectivity index (χ2n) is 2.07. The molecule has 0 saturated heterocycles. The van der Waals surface area contributed by atoms with Crippen LogP contribution in [0.2, 0.25) is 0 Å². The normalized spacial score (nSPS) is 9.55. The number of hydrogen-bond acceptors (Lipinski definition) is 3. The van der Waals surface area contributed by atoms with Gasteiger partial charge in [0, 0.05) is 12.6 Å². The van der Waals surface area contributed by atoms with E-state index in [2.05, 4.69) is 9.97 Å². The molecule has 0 aliphatic carbocycles. The topological polar surface area (TPSA) is 62.8 Å². The molecule has 4 nitrogen and oxygen atoms in total. The van der Waals surface area contributed by atoms with Crippen LogP contribution in [0.1, 0.15) is 23.7 Å². The van der Waals surface area contributed by atoms with Gasteiger partial charge < -0.3 is 4.98 Å². The largest absolute Gasteiger partial charge is 0.313 e. The van der Waals surface area contributed by atoms with Crippen LogP contribution in [0.5, 0.6) is 0 Å². The van der Waals surface area contributed by atoms with Crippen LogP contribution < -0.4 is 5.56 Å². The van der Waals surface area contributed by atoms with Crippen LogP contribution in [0.15, 0.2) is 17.3 Å². The Hall–Kier alpha value is -1.45. The Balaban J connectivity index is 3.14. The number of hydrogen-bond donors (Lipinski definition) is 1. The third kappa shape index (κ3) is 1.52. The van der Waals surface area contributed by atoms with E-state index >= 15 is 0 Å². The van der Waals surface area contributed by atoms with E-state index in [1.54, 1.807) is 6.92 Å². The maximum absolute atomic E-state index is 11.0. The van der Waals surface area contributed by atoms with E-state index in [9.17, 15) is 9.59 Å². The van der Waals surface area contributed by atoms with E-state index in [1.807, 2.05) is 0 Å². The average Bonchev–Trinajstić information content (AvgIpc) is 2.04. The van der Waals surface area contributed by atoms with Crippen LogP contribution in [0.3, 0.4) is 0 Å². The summed E-state index contributed by atoms with van der Waals surface area (Å²) in [6.45, 7) is 1.70. The number of carbonyl (C=O) groups excluding carboxylic acids is 1. The highest BCUT2D eigenvalue weighted by Crippen LogP contribution is 1.92. The SMILES string of the molecule is CCC(=O)c1cnc[nH]c1=O. The summed E-state index contributed by atoms with van der Waals surface area (Å²) in [4.78, 5) is 27.8. The van der Waals surface area contributed by atoms with Gasteiger partial charge in [0.25, 0.3) is 5.56 Å². The lowest BCUT2D eigenvalue weighted by Crippen LogP contribution is -2.16. The Morgan fingerprint density at radius 1 is 1.73 bits per heavy atom. The molecular formula is C7H8N2O2. The van der Waals surface area contributed by atoms with Gasteiger partial charge in [-0.15, -0.1) is 0 Å². The predicted molar refractivity (Wildman–Crippen MR) is 39.5 cm³/mol. The van der Waals surface area contributed by atoms with Crippen LogP contribution in [0, 0.1) is 0 Å². The molecule has 0 aliphatic heterocycles. The second-order valence-corrected chi connectivity index (χ2v) is 2.07. The maximum Gasteiger partial charge on any atom is 0.261 e. The van der Waals surface area contributed by atoms with Gasteiger partial charge >= 0.3 is 0 Å². The first-order valence-electron chi connectivity index (χ1n) is 3.31. The van der Waals surface area contributed by atoms with E-state index in [1.165, 1.54) is 12.5 Å². The fourth-order valence-electron chi connectivity index (χ4n) is 0.733. The van der Waals surface area contributed by atoms with Gasteiger partial charge in [0.1, 0.15) is 5.56 Å². The van der Waals surface area contributed by atoms with Crippen molar-refractivity contribution in [3.8, 4) is 0 Å². The van der Waals surface area contributed by atoms with Gasteiger partial charge in [-0.05, 0) is 0 Å². The zero-order valence-corrected chi connectivity index (χ0v) is 6.13. The number of H-pyrrole nitrogens is 1. The molecule has 1 N–H and O–H groups in total. The number of Topliss-reactive ketones (excluding diaryl/α,β-unsaturated/α-hetero) is 1. The molecule has 0 radical (unpaired) electrons. The lowest BCUT2D eigenvalue weighted by Gasteiger charge is -1.92. The van der Waals surface area contributed by atoms with Crippen LogP contribution in [0.4, 0.5) is 0 Å². The number of carbonyl (C=O) groups is 1. The fraction of sp³-hybridized carbons (Fsp3) is 0.286. The average molecular weight is 152 g/mol. The van der Waals surface area contributed by atoms with Crippen molar-refractivity contribution in [2.75, 3.05) is 0 Å². The standard InChI is InChI=1S/C7H8N2O2/c1-2-6(10)5-3-8-4-9-7(5)11/h3-4H,2H2,1H3,(H,8,9,11). The minimum absolute atomic E-state index is 0.134. The number of rotatable bonds is 2. The molecule has 0 amide bonds. The Bertz CT molecular complexity index is 316. The van der Waals surface area contributed by atoms with Gasteiger partial charge in [-0.25, -0.2) is 4.98 Å². The molecule has 0 aromatic carbocycles. The summed E-state index contributed by atoms with van der Waals surface area (Å²) in [5.74, 6) is -0.181. The number of aromatic amines is 1. The summed E-state index contributed by atoms with van der Waals surface area (Å²) in [7, 11) is 0. The number of ketones is 1. The van der Waals surface area contributed by atoms with E-state index < -0.39 is 0 Å². The quantitative estimate of drug-likeness (QED) is 0.622. The first-order valence-corrected chi connectivity index (χ1v) is 3.31. The van der Waals surface area contributed by atoms with Gasteiger partial charge in [-0.3, -0.25) is 9.59 Å². The highest BCUT2D eigenvalue weighted by atomic mass is 16.1. The molecule has 0 atom stereocenters. The van der Waals surface area contributed by atoms with Crippen LogP contribution >= 0.6 is 0 Å². The third-order valence-corrected chi connectivity index (χ3v) is 1.34. The van der Waals surface area contributed by atoms with Gasteiger partial charge in [0.15, 0.2) is 5.78 Å². The molecule has 0 saturated carbocycles. The molecule has 58 valence electrons. The molecule has 0 fully saturated rings. The summed E-state index contributed by atoms with van der Waals surface area (Å²) < 4.78 is 0. The van der Waals surface area contributed by atoms with Gasteiger partial charge in [-0.1, -0.05) is 6.92 Å². The monoisotopic (exact) mass is 152 g/mol. The molecule has 0 spiro atoms. The summed E-state index contributed by atoms with van der Waals surface area (Å²) in [5.41, 5.74) is -0.234. The zero-order valence-electron chi connectivity index (χ0n) is 6.13.